The highest BCUT2D eigenvalue weighted by molar-refractivity contribution is 7.92. The first-order valence-electron chi connectivity index (χ1n) is 11.5. The maximum atomic E-state index is 12.7. The van der Waals surface area contributed by atoms with Gasteiger partial charge in [0.05, 0.1) is 23.4 Å². The monoisotopic (exact) mass is 523 g/mol. The minimum atomic E-state index is -3.67. The zero-order chi connectivity index (χ0) is 25.6. The van der Waals surface area contributed by atoms with Crippen LogP contribution in [0, 0.1) is 13.8 Å². The Morgan fingerprint density at radius 1 is 0.971 bits per heavy atom. The van der Waals surface area contributed by atoms with E-state index in [9.17, 15) is 21.6 Å². The summed E-state index contributed by atoms with van der Waals surface area (Å²) in [6, 6.07) is 11.7. The van der Waals surface area contributed by atoms with Crippen molar-refractivity contribution in [2.45, 2.75) is 38.0 Å². The number of anilines is 1. The Morgan fingerprint density at radius 2 is 1.57 bits per heavy atom. The van der Waals surface area contributed by atoms with E-state index in [2.05, 4.69) is 5.32 Å². The van der Waals surface area contributed by atoms with Crippen LogP contribution >= 0.6 is 0 Å². The number of carbonyl (C=O) groups is 1. The zero-order valence-electron chi connectivity index (χ0n) is 20.4. The molecule has 1 heterocycles. The van der Waals surface area contributed by atoms with Gasteiger partial charge in [0.25, 0.3) is 0 Å². The van der Waals surface area contributed by atoms with E-state index in [0.29, 0.717) is 24.5 Å². The van der Waals surface area contributed by atoms with E-state index in [4.69, 9.17) is 4.74 Å². The third kappa shape index (κ3) is 6.96. The SMILES string of the molecule is Cc1cccc(C)c1N(CC(=O)NCCOc1ccc(S(=O)(=O)N2CCCCC2)cc1)S(C)(=O)=O. The third-order valence-electron chi connectivity index (χ3n) is 5.85. The third-order valence-corrected chi connectivity index (χ3v) is 8.87. The summed E-state index contributed by atoms with van der Waals surface area (Å²) in [5, 5.41) is 2.67. The number of carbonyl (C=O) groups excluding carboxylic acids is 1. The van der Waals surface area contributed by atoms with E-state index in [0.717, 1.165) is 41.0 Å². The fourth-order valence-electron chi connectivity index (χ4n) is 4.07. The number of piperidine rings is 1. The summed E-state index contributed by atoms with van der Waals surface area (Å²) in [7, 11) is -7.17. The average molecular weight is 524 g/mol. The standard InChI is InChI=1S/C24H33N3O6S2/c1-19-8-7-9-20(2)24(19)27(34(3,29)30)18-23(28)25-14-17-33-21-10-12-22(13-11-21)35(31,32)26-15-5-4-6-16-26/h7-13H,4-6,14-18H2,1-3H3,(H,25,28). The van der Waals surface area contributed by atoms with Gasteiger partial charge in [0.1, 0.15) is 18.9 Å². The molecule has 0 spiro atoms. The topological polar surface area (TPSA) is 113 Å². The molecule has 2 aromatic carbocycles. The molecule has 1 aliphatic heterocycles. The molecule has 2 aromatic rings. The second-order valence-corrected chi connectivity index (χ2v) is 12.5. The number of benzene rings is 2. The Labute approximate surface area is 208 Å². The van der Waals surface area contributed by atoms with Crippen LogP contribution in [0.2, 0.25) is 0 Å². The van der Waals surface area contributed by atoms with Crippen molar-refractivity contribution in [3.8, 4) is 5.75 Å². The normalized spacial score (nSPS) is 14.9. The number of amides is 1. The predicted molar refractivity (Wildman–Crippen MR) is 136 cm³/mol. The number of nitrogens with one attached hydrogen (secondary N) is 1. The minimum Gasteiger partial charge on any atom is -0.492 e. The summed E-state index contributed by atoms with van der Waals surface area (Å²) < 4.78 is 58.4. The largest absolute Gasteiger partial charge is 0.492 e. The highest BCUT2D eigenvalue weighted by Gasteiger charge is 2.26. The van der Waals surface area contributed by atoms with Gasteiger partial charge in [-0.25, -0.2) is 16.8 Å². The predicted octanol–water partition coefficient (Wildman–Crippen LogP) is 2.44. The Balaban J connectivity index is 1.52. The van der Waals surface area contributed by atoms with Gasteiger partial charge in [0.15, 0.2) is 0 Å². The molecule has 0 saturated carbocycles. The summed E-state index contributed by atoms with van der Waals surface area (Å²) >= 11 is 0. The van der Waals surface area contributed by atoms with Gasteiger partial charge < -0.3 is 10.1 Å². The van der Waals surface area contributed by atoms with Crippen molar-refractivity contribution >= 4 is 31.6 Å². The van der Waals surface area contributed by atoms with Crippen molar-refractivity contribution < 1.29 is 26.4 Å². The Bertz CT molecular complexity index is 1220. The molecule has 1 fully saturated rings. The van der Waals surface area contributed by atoms with Crippen LogP contribution in [0.1, 0.15) is 30.4 Å². The van der Waals surface area contributed by atoms with Gasteiger partial charge >= 0.3 is 0 Å². The van der Waals surface area contributed by atoms with Crippen LogP contribution in [0.5, 0.6) is 5.75 Å². The molecule has 192 valence electrons. The lowest BCUT2D eigenvalue weighted by Crippen LogP contribution is -2.42. The van der Waals surface area contributed by atoms with Crippen molar-refractivity contribution in [1.82, 2.24) is 9.62 Å². The highest BCUT2D eigenvalue weighted by atomic mass is 32.2. The van der Waals surface area contributed by atoms with Gasteiger partial charge in [0, 0.05) is 13.1 Å². The zero-order valence-corrected chi connectivity index (χ0v) is 22.0. The number of sulfonamides is 2. The second-order valence-electron chi connectivity index (χ2n) is 8.64. The molecular formula is C24H33N3O6S2. The van der Waals surface area contributed by atoms with E-state index in [-0.39, 0.29) is 24.6 Å². The van der Waals surface area contributed by atoms with E-state index >= 15 is 0 Å². The van der Waals surface area contributed by atoms with E-state index in [1.54, 1.807) is 38.1 Å². The number of nitrogens with zero attached hydrogens (tertiary/aromatic N) is 2. The molecule has 35 heavy (non-hydrogen) atoms. The van der Waals surface area contributed by atoms with Crippen LogP contribution in [-0.2, 0) is 24.8 Å². The summed E-state index contributed by atoms with van der Waals surface area (Å²) in [6.07, 6.45) is 3.87. The fraction of sp³-hybridized carbons (Fsp3) is 0.458. The number of para-hydroxylation sites is 1. The molecule has 1 saturated heterocycles. The Hall–Kier alpha value is -2.63. The molecule has 9 nitrogen and oxygen atoms in total. The molecule has 0 radical (unpaired) electrons. The maximum Gasteiger partial charge on any atom is 0.243 e. The summed E-state index contributed by atoms with van der Waals surface area (Å²) in [5.41, 5.74) is 2.02. The van der Waals surface area contributed by atoms with Crippen molar-refractivity contribution in [2.75, 3.05) is 43.3 Å². The van der Waals surface area contributed by atoms with Crippen LogP contribution < -0.4 is 14.4 Å². The molecular weight excluding hydrogens is 490 g/mol. The quantitative estimate of drug-likeness (QED) is 0.479. The van der Waals surface area contributed by atoms with Gasteiger partial charge in [0.2, 0.25) is 26.0 Å². The average Bonchev–Trinajstić information content (AvgIpc) is 2.81. The molecule has 0 bridgehead atoms. The van der Waals surface area contributed by atoms with Gasteiger partial charge in [-0.2, -0.15) is 4.31 Å². The van der Waals surface area contributed by atoms with Crippen molar-refractivity contribution in [2.24, 2.45) is 0 Å². The van der Waals surface area contributed by atoms with Gasteiger partial charge in [-0.15, -0.1) is 0 Å². The number of hydrogen-bond acceptors (Lipinski definition) is 6. The lowest BCUT2D eigenvalue weighted by Gasteiger charge is -2.26. The molecule has 1 N–H and O–H groups in total. The van der Waals surface area contributed by atoms with E-state index in [1.165, 1.54) is 16.4 Å². The molecule has 0 unspecified atom stereocenters. The second kappa shape index (κ2) is 11.4. The molecule has 3 rings (SSSR count). The molecule has 1 amide bonds. The molecule has 0 aromatic heterocycles. The van der Waals surface area contributed by atoms with Crippen LogP contribution in [0.3, 0.4) is 0 Å². The Kier molecular flexibility index (Phi) is 8.79. The smallest absolute Gasteiger partial charge is 0.243 e. The van der Waals surface area contributed by atoms with Crippen LogP contribution in [0.4, 0.5) is 5.69 Å². The number of aryl methyl sites for hydroxylation is 2. The number of ether oxygens (including phenoxy) is 1. The summed E-state index contributed by atoms with van der Waals surface area (Å²) in [4.78, 5) is 12.7. The van der Waals surface area contributed by atoms with Crippen molar-refractivity contribution in [1.29, 1.82) is 0 Å². The Morgan fingerprint density at radius 3 is 2.14 bits per heavy atom. The van der Waals surface area contributed by atoms with E-state index in [1.807, 2.05) is 6.07 Å². The molecule has 11 heteroatoms. The molecule has 0 aliphatic carbocycles. The van der Waals surface area contributed by atoms with E-state index < -0.39 is 26.0 Å². The van der Waals surface area contributed by atoms with Gasteiger partial charge in [-0.05, 0) is 62.1 Å². The highest BCUT2D eigenvalue weighted by Crippen LogP contribution is 2.26. The first-order chi connectivity index (χ1) is 16.5. The first-order valence-corrected chi connectivity index (χ1v) is 14.8. The summed E-state index contributed by atoms with van der Waals surface area (Å²) in [6.45, 7) is 4.66. The van der Waals surface area contributed by atoms with Crippen molar-refractivity contribution in [3.05, 3.63) is 53.6 Å². The minimum absolute atomic E-state index is 0.145. The van der Waals surface area contributed by atoms with Crippen LogP contribution in [0.15, 0.2) is 47.4 Å². The van der Waals surface area contributed by atoms with Gasteiger partial charge in [-0.3, -0.25) is 9.10 Å². The van der Waals surface area contributed by atoms with Crippen LogP contribution in [-0.4, -0.2) is 66.1 Å². The number of hydrogen-bond donors (Lipinski definition) is 1. The summed E-state index contributed by atoms with van der Waals surface area (Å²) in [5.74, 6) is 0.0230. The number of rotatable bonds is 10. The van der Waals surface area contributed by atoms with Crippen LogP contribution in [0.25, 0.3) is 0 Å². The lowest BCUT2D eigenvalue weighted by atomic mass is 10.1. The molecule has 0 atom stereocenters. The van der Waals surface area contributed by atoms with Crippen molar-refractivity contribution in [3.63, 3.8) is 0 Å². The maximum absolute atomic E-state index is 12.7. The lowest BCUT2D eigenvalue weighted by molar-refractivity contribution is -0.119. The first kappa shape index (κ1) is 27.0. The fourth-order valence-corrected chi connectivity index (χ4v) is 6.56. The molecule has 1 aliphatic rings. The van der Waals surface area contributed by atoms with Gasteiger partial charge in [-0.1, -0.05) is 24.6 Å².